The summed E-state index contributed by atoms with van der Waals surface area (Å²) in [6, 6.07) is 3.84. The first-order valence-corrected chi connectivity index (χ1v) is 6.14. The second-order valence-corrected chi connectivity index (χ2v) is 4.56. The van der Waals surface area contributed by atoms with Crippen LogP contribution in [0.2, 0.25) is 0 Å². The first-order valence-electron chi connectivity index (χ1n) is 6.14. The van der Waals surface area contributed by atoms with E-state index in [1.165, 1.54) is 17.0 Å². The molecule has 1 unspecified atom stereocenters. The Morgan fingerprint density at radius 1 is 1.50 bits per heavy atom. The molecule has 1 heterocycles. The van der Waals surface area contributed by atoms with Crippen molar-refractivity contribution in [3.8, 4) is 0 Å². The molecule has 2 rings (SSSR count). The van der Waals surface area contributed by atoms with E-state index in [0.717, 1.165) is 5.56 Å². The normalized spacial score (nSPS) is 18.7. The number of carbonyl (C=O) groups is 2. The molecule has 20 heavy (non-hydrogen) atoms. The largest absolute Gasteiger partial charge is 0.479 e. The molecule has 1 aliphatic heterocycles. The van der Waals surface area contributed by atoms with Gasteiger partial charge in [0.25, 0.3) is 0 Å². The van der Waals surface area contributed by atoms with Crippen LogP contribution >= 0.6 is 0 Å². The quantitative estimate of drug-likeness (QED) is 0.860. The third-order valence-corrected chi connectivity index (χ3v) is 2.99. The number of benzene rings is 1. The minimum atomic E-state index is -1.12. The van der Waals surface area contributed by atoms with Crippen LogP contribution < -0.4 is 5.32 Å². The highest BCUT2D eigenvalue weighted by molar-refractivity contribution is 5.90. The Labute approximate surface area is 115 Å². The number of ether oxygens (including phenoxy) is 1. The third kappa shape index (κ3) is 3.24. The number of carboxylic acid groups (broad SMARTS) is 1. The molecule has 2 amide bonds. The summed E-state index contributed by atoms with van der Waals surface area (Å²) in [5.74, 6) is -1.66. The van der Waals surface area contributed by atoms with Gasteiger partial charge in [0.15, 0.2) is 6.10 Å². The summed E-state index contributed by atoms with van der Waals surface area (Å²) in [5, 5.41) is 11.3. The molecule has 0 bridgehead atoms. The first-order chi connectivity index (χ1) is 9.47. The van der Waals surface area contributed by atoms with Crippen molar-refractivity contribution < 1.29 is 23.8 Å². The molecule has 0 saturated carbocycles. The van der Waals surface area contributed by atoms with Gasteiger partial charge in [0.2, 0.25) is 0 Å². The van der Waals surface area contributed by atoms with E-state index in [1.54, 1.807) is 13.0 Å². The summed E-state index contributed by atoms with van der Waals surface area (Å²) in [4.78, 5) is 24.1. The van der Waals surface area contributed by atoms with E-state index < -0.39 is 23.9 Å². The second kappa shape index (κ2) is 5.87. The maximum Gasteiger partial charge on any atom is 0.334 e. The smallest absolute Gasteiger partial charge is 0.334 e. The number of carbonyl (C=O) groups excluding carboxylic acids is 1. The molecule has 0 radical (unpaired) electrons. The van der Waals surface area contributed by atoms with E-state index >= 15 is 0 Å². The Hall–Kier alpha value is -2.15. The van der Waals surface area contributed by atoms with Gasteiger partial charge in [-0.25, -0.2) is 14.0 Å². The van der Waals surface area contributed by atoms with Gasteiger partial charge in [-0.2, -0.15) is 0 Å². The number of nitrogens with one attached hydrogen (secondary N) is 1. The second-order valence-electron chi connectivity index (χ2n) is 4.56. The molecule has 0 aliphatic carbocycles. The van der Waals surface area contributed by atoms with E-state index in [4.69, 9.17) is 9.84 Å². The average molecular weight is 282 g/mol. The lowest BCUT2D eigenvalue weighted by molar-refractivity contribution is -0.154. The zero-order chi connectivity index (χ0) is 14.7. The predicted octanol–water partition coefficient (Wildman–Crippen LogP) is 1.45. The molecule has 1 aromatic carbocycles. The number of halogens is 1. The maximum atomic E-state index is 13.6. The Bertz CT molecular complexity index is 535. The van der Waals surface area contributed by atoms with Gasteiger partial charge >= 0.3 is 12.0 Å². The molecule has 1 aliphatic rings. The zero-order valence-electron chi connectivity index (χ0n) is 10.9. The van der Waals surface area contributed by atoms with Crippen molar-refractivity contribution in [2.45, 2.75) is 13.0 Å². The van der Waals surface area contributed by atoms with Gasteiger partial charge in [-0.05, 0) is 24.6 Å². The minimum Gasteiger partial charge on any atom is -0.479 e. The van der Waals surface area contributed by atoms with Crippen LogP contribution in [-0.4, -0.2) is 47.8 Å². The topological polar surface area (TPSA) is 78.9 Å². The Kier molecular flexibility index (Phi) is 4.19. The molecular formula is C13H15FN2O4. The van der Waals surface area contributed by atoms with Crippen LogP contribution in [0.25, 0.3) is 0 Å². The van der Waals surface area contributed by atoms with Crippen LogP contribution in [0.1, 0.15) is 5.56 Å². The molecule has 1 fully saturated rings. The summed E-state index contributed by atoms with van der Waals surface area (Å²) in [7, 11) is 0. The number of morpholine rings is 1. The number of rotatable bonds is 2. The fourth-order valence-corrected chi connectivity index (χ4v) is 1.91. The number of hydrogen-bond acceptors (Lipinski definition) is 3. The van der Waals surface area contributed by atoms with Gasteiger partial charge in [-0.1, -0.05) is 6.07 Å². The highest BCUT2D eigenvalue weighted by Crippen LogP contribution is 2.17. The van der Waals surface area contributed by atoms with Crippen LogP contribution in [-0.2, 0) is 9.53 Å². The third-order valence-electron chi connectivity index (χ3n) is 2.99. The van der Waals surface area contributed by atoms with Crippen LogP contribution in [0.15, 0.2) is 18.2 Å². The van der Waals surface area contributed by atoms with Crippen LogP contribution in [0.4, 0.5) is 14.9 Å². The van der Waals surface area contributed by atoms with E-state index in [1.807, 2.05) is 0 Å². The van der Waals surface area contributed by atoms with Gasteiger partial charge in [0.05, 0.1) is 18.8 Å². The summed E-state index contributed by atoms with van der Waals surface area (Å²) in [6.45, 7) is 2.13. The molecule has 0 aromatic heterocycles. The fourth-order valence-electron chi connectivity index (χ4n) is 1.91. The van der Waals surface area contributed by atoms with Crippen LogP contribution in [0.3, 0.4) is 0 Å². The average Bonchev–Trinajstić information content (AvgIpc) is 2.43. The van der Waals surface area contributed by atoms with E-state index in [0.29, 0.717) is 0 Å². The number of urea groups is 1. The monoisotopic (exact) mass is 282 g/mol. The number of carboxylic acids is 1. The maximum absolute atomic E-state index is 13.6. The number of aryl methyl sites for hydroxylation is 1. The van der Waals surface area contributed by atoms with Crippen molar-refractivity contribution in [1.29, 1.82) is 0 Å². The standard InChI is InChI=1S/C13H15FN2O4/c1-8-2-3-9(14)10(6-8)15-13(19)16-4-5-20-11(7-16)12(17)18/h2-3,6,11H,4-5,7H2,1H3,(H,15,19)(H,17,18). The SMILES string of the molecule is Cc1ccc(F)c(NC(=O)N2CCOC(C(=O)O)C2)c1. The lowest BCUT2D eigenvalue weighted by Gasteiger charge is -2.30. The minimum absolute atomic E-state index is 0.0609. The van der Waals surface area contributed by atoms with Crippen molar-refractivity contribution in [3.63, 3.8) is 0 Å². The lowest BCUT2D eigenvalue weighted by atomic mass is 10.2. The molecule has 108 valence electrons. The van der Waals surface area contributed by atoms with E-state index in [9.17, 15) is 14.0 Å². The summed E-state index contributed by atoms with van der Waals surface area (Å²) >= 11 is 0. The van der Waals surface area contributed by atoms with Gasteiger partial charge in [-0.3, -0.25) is 0 Å². The van der Waals surface area contributed by atoms with Crippen molar-refractivity contribution in [2.24, 2.45) is 0 Å². The molecule has 0 spiro atoms. The van der Waals surface area contributed by atoms with Crippen LogP contribution in [0.5, 0.6) is 0 Å². The Morgan fingerprint density at radius 3 is 2.95 bits per heavy atom. The number of nitrogens with zero attached hydrogens (tertiary/aromatic N) is 1. The molecule has 1 atom stereocenters. The lowest BCUT2D eigenvalue weighted by Crippen LogP contribution is -2.50. The number of hydrogen-bond donors (Lipinski definition) is 2. The van der Waals surface area contributed by atoms with Crippen molar-refractivity contribution in [1.82, 2.24) is 4.90 Å². The van der Waals surface area contributed by atoms with Crippen LogP contribution in [0, 0.1) is 12.7 Å². The predicted molar refractivity (Wildman–Crippen MR) is 69.1 cm³/mol. The molecule has 6 nitrogen and oxygen atoms in total. The first kappa shape index (κ1) is 14.3. The molecule has 2 N–H and O–H groups in total. The summed E-state index contributed by atoms with van der Waals surface area (Å²) < 4.78 is 18.6. The van der Waals surface area contributed by atoms with E-state index in [2.05, 4.69) is 5.32 Å². The summed E-state index contributed by atoms with van der Waals surface area (Å²) in [6.07, 6.45) is -1.04. The van der Waals surface area contributed by atoms with E-state index in [-0.39, 0.29) is 25.4 Å². The number of anilines is 1. The molecular weight excluding hydrogens is 267 g/mol. The van der Waals surface area contributed by atoms with Gasteiger partial charge < -0.3 is 20.1 Å². The molecule has 1 aromatic rings. The molecule has 1 saturated heterocycles. The number of aliphatic carboxylic acids is 1. The van der Waals surface area contributed by atoms with Gasteiger partial charge in [0, 0.05) is 6.54 Å². The van der Waals surface area contributed by atoms with Gasteiger partial charge in [-0.15, -0.1) is 0 Å². The Balaban J connectivity index is 2.04. The highest BCUT2D eigenvalue weighted by Gasteiger charge is 2.29. The van der Waals surface area contributed by atoms with Crippen molar-refractivity contribution >= 4 is 17.7 Å². The van der Waals surface area contributed by atoms with Crippen molar-refractivity contribution in [3.05, 3.63) is 29.6 Å². The molecule has 7 heteroatoms. The fraction of sp³-hybridized carbons (Fsp3) is 0.385. The summed E-state index contributed by atoms with van der Waals surface area (Å²) in [5.41, 5.74) is 0.889. The zero-order valence-corrected chi connectivity index (χ0v) is 10.9. The Morgan fingerprint density at radius 2 is 2.25 bits per heavy atom. The number of amides is 2. The van der Waals surface area contributed by atoms with Crippen molar-refractivity contribution in [2.75, 3.05) is 25.0 Å². The highest BCUT2D eigenvalue weighted by atomic mass is 19.1. The van der Waals surface area contributed by atoms with Gasteiger partial charge in [0.1, 0.15) is 5.82 Å².